The molecule has 2 aromatic rings. The molecule has 0 saturated carbocycles. The lowest BCUT2D eigenvalue weighted by Gasteiger charge is -2.09. The quantitative estimate of drug-likeness (QED) is 0.394. The Morgan fingerprint density at radius 3 is 2.55 bits per heavy atom. The Bertz CT molecular complexity index is 674. The summed E-state index contributed by atoms with van der Waals surface area (Å²) in [6.45, 7) is 1.88. The van der Waals surface area contributed by atoms with Crippen LogP contribution in [0.1, 0.15) is 11.1 Å². The summed E-state index contributed by atoms with van der Waals surface area (Å²) >= 11 is 1.09. The third-order valence-electron chi connectivity index (χ3n) is 2.63. The van der Waals surface area contributed by atoms with Gasteiger partial charge in [-0.1, -0.05) is 23.0 Å². The van der Waals surface area contributed by atoms with E-state index in [1.54, 1.807) is 18.2 Å². The van der Waals surface area contributed by atoms with E-state index in [1.165, 1.54) is 12.1 Å². The molecule has 3 N–H and O–H groups in total. The molecule has 0 spiro atoms. The minimum absolute atomic E-state index is 0.0602. The number of aryl methyl sites for hydroxylation is 1. The van der Waals surface area contributed by atoms with Gasteiger partial charge in [-0.2, -0.15) is 0 Å². The topological polar surface area (TPSA) is 58.6 Å². The van der Waals surface area contributed by atoms with Crippen LogP contribution in [0.5, 0.6) is 0 Å². The number of hydrogen-bond donors (Lipinski definition) is 2. The first kappa shape index (κ1) is 14.3. The van der Waals surface area contributed by atoms with Crippen LogP contribution in [0.3, 0.4) is 0 Å². The molecular weight excluding hydrogens is 282 g/mol. The van der Waals surface area contributed by atoms with E-state index in [1.807, 2.05) is 6.92 Å². The van der Waals surface area contributed by atoms with E-state index in [-0.39, 0.29) is 10.7 Å². The second kappa shape index (κ2) is 5.92. The van der Waals surface area contributed by atoms with E-state index in [4.69, 9.17) is 10.9 Å². The summed E-state index contributed by atoms with van der Waals surface area (Å²) in [5.74, 6) is -1.34. The molecule has 3 nitrogen and oxygen atoms in total. The Labute approximate surface area is 119 Å². The van der Waals surface area contributed by atoms with Crippen LogP contribution >= 0.6 is 11.8 Å². The van der Waals surface area contributed by atoms with Gasteiger partial charge in [0, 0.05) is 21.4 Å². The maximum Gasteiger partial charge on any atom is 0.171 e. The number of amidine groups is 1. The fraction of sp³-hybridized carbons (Fsp3) is 0.0714. The van der Waals surface area contributed by atoms with Gasteiger partial charge in [0.05, 0.1) is 0 Å². The van der Waals surface area contributed by atoms with Crippen molar-refractivity contribution in [3.8, 4) is 0 Å². The molecule has 0 aliphatic heterocycles. The zero-order valence-corrected chi connectivity index (χ0v) is 11.4. The van der Waals surface area contributed by atoms with Crippen molar-refractivity contribution in [3.63, 3.8) is 0 Å². The second-order valence-electron chi connectivity index (χ2n) is 4.16. The lowest BCUT2D eigenvalue weighted by Crippen LogP contribution is -2.14. The minimum Gasteiger partial charge on any atom is -0.409 e. The van der Waals surface area contributed by atoms with Gasteiger partial charge >= 0.3 is 0 Å². The van der Waals surface area contributed by atoms with Gasteiger partial charge in [-0.3, -0.25) is 0 Å². The molecule has 0 bridgehead atoms. The highest BCUT2D eigenvalue weighted by atomic mass is 32.2. The van der Waals surface area contributed by atoms with Crippen molar-refractivity contribution in [2.45, 2.75) is 16.7 Å². The number of nitrogens with zero attached hydrogens (tertiary/aromatic N) is 1. The third kappa shape index (κ3) is 3.08. The largest absolute Gasteiger partial charge is 0.409 e. The van der Waals surface area contributed by atoms with Crippen molar-refractivity contribution in [1.82, 2.24) is 0 Å². The third-order valence-corrected chi connectivity index (χ3v) is 3.74. The minimum atomic E-state index is -0.651. The molecule has 2 aromatic carbocycles. The van der Waals surface area contributed by atoms with Gasteiger partial charge in [-0.15, -0.1) is 0 Å². The van der Waals surface area contributed by atoms with Crippen molar-refractivity contribution in [2.24, 2.45) is 10.9 Å². The molecule has 20 heavy (non-hydrogen) atoms. The Kier molecular flexibility index (Phi) is 4.24. The van der Waals surface area contributed by atoms with Crippen LogP contribution in [0.2, 0.25) is 0 Å². The number of nitrogens with two attached hydrogens (primary N) is 1. The smallest absolute Gasteiger partial charge is 0.171 e. The Balaban J connectivity index is 2.44. The molecule has 0 unspecified atom stereocenters. The maximum absolute atomic E-state index is 13.7. The summed E-state index contributed by atoms with van der Waals surface area (Å²) in [5.41, 5.74) is 7.03. The number of oxime groups is 1. The van der Waals surface area contributed by atoms with Gasteiger partial charge in [0.1, 0.15) is 11.6 Å². The number of halogens is 2. The number of benzene rings is 2. The van der Waals surface area contributed by atoms with Crippen molar-refractivity contribution in [3.05, 3.63) is 59.2 Å². The molecular formula is C14H12F2N2OS. The molecule has 0 aromatic heterocycles. The molecule has 6 heteroatoms. The fourth-order valence-electron chi connectivity index (χ4n) is 1.66. The molecule has 0 saturated heterocycles. The zero-order valence-electron chi connectivity index (χ0n) is 10.6. The van der Waals surface area contributed by atoms with E-state index in [2.05, 4.69) is 5.16 Å². The molecule has 0 fully saturated rings. The standard InChI is InChI=1S/C14H12F2N2OS/c1-8-2-4-10(14(17)18-19)13(6-8)20-12-5-3-9(15)7-11(12)16/h2-7,19H,1H3,(H2,17,18). The molecule has 0 aliphatic rings. The maximum atomic E-state index is 13.7. The molecule has 0 atom stereocenters. The van der Waals surface area contributed by atoms with Crippen molar-refractivity contribution < 1.29 is 14.0 Å². The van der Waals surface area contributed by atoms with Crippen LogP contribution in [-0.4, -0.2) is 11.0 Å². The van der Waals surface area contributed by atoms with Crippen LogP contribution in [0.4, 0.5) is 8.78 Å². The molecule has 0 heterocycles. The second-order valence-corrected chi connectivity index (χ2v) is 5.25. The highest BCUT2D eigenvalue weighted by Crippen LogP contribution is 2.33. The van der Waals surface area contributed by atoms with Crippen molar-refractivity contribution >= 4 is 17.6 Å². The Morgan fingerprint density at radius 2 is 1.90 bits per heavy atom. The summed E-state index contributed by atoms with van der Waals surface area (Å²) in [6, 6.07) is 8.65. The molecule has 0 amide bonds. The van der Waals surface area contributed by atoms with Crippen LogP contribution in [-0.2, 0) is 0 Å². The number of hydrogen-bond acceptors (Lipinski definition) is 3. The summed E-state index contributed by atoms with van der Waals surface area (Å²) in [5, 5.41) is 11.7. The van der Waals surface area contributed by atoms with E-state index in [9.17, 15) is 8.78 Å². The predicted octanol–water partition coefficient (Wildman–Crippen LogP) is 3.52. The lowest BCUT2D eigenvalue weighted by molar-refractivity contribution is 0.318. The van der Waals surface area contributed by atoms with Gasteiger partial charge in [0.2, 0.25) is 0 Å². The summed E-state index contributed by atoms with van der Waals surface area (Å²) in [7, 11) is 0. The first-order chi connectivity index (χ1) is 9.51. The molecule has 0 radical (unpaired) electrons. The van der Waals surface area contributed by atoms with Crippen molar-refractivity contribution in [1.29, 1.82) is 0 Å². The van der Waals surface area contributed by atoms with Crippen LogP contribution in [0, 0.1) is 18.6 Å². The molecule has 0 aliphatic carbocycles. The van der Waals surface area contributed by atoms with Gasteiger partial charge in [0.25, 0.3) is 0 Å². The lowest BCUT2D eigenvalue weighted by atomic mass is 10.1. The highest BCUT2D eigenvalue weighted by molar-refractivity contribution is 7.99. The highest BCUT2D eigenvalue weighted by Gasteiger charge is 2.12. The van der Waals surface area contributed by atoms with Gasteiger partial charge in [-0.05, 0) is 36.8 Å². The molecule has 104 valence electrons. The van der Waals surface area contributed by atoms with E-state index in [0.717, 1.165) is 23.4 Å². The monoisotopic (exact) mass is 294 g/mol. The summed E-state index contributed by atoms with van der Waals surface area (Å²) in [6.07, 6.45) is 0. The molecule has 2 rings (SSSR count). The zero-order chi connectivity index (χ0) is 14.7. The van der Waals surface area contributed by atoms with Crippen LogP contribution < -0.4 is 5.73 Å². The van der Waals surface area contributed by atoms with Gasteiger partial charge in [0.15, 0.2) is 5.84 Å². The van der Waals surface area contributed by atoms with E-state index < -0.39 is 11.6 Å². The fourth-order valence-corrected chi connectivity index (χ4v) is 2.71. The first-order valence-electron chi connectivity index (χ1n) is 5.72. The number of rotatable bonds is 3. The normalized spacial score (nSPS) is 11.7. The first-order valence-corrected chi connectivity index (χ1v) is 6.54. The summed E-state index contributed by atoms with van der Waals surface area (Å²) < 4.78 is 26.6. The predicted molar refractivity (Wildman–Crippen MR) is 74.2 cm³/mol. The van der Waals surface area contributed by atoms with E-state index in [0.29, 0.717) is 10.5 Å². The van der Waals surface area contributed by atoms with Gasteiger partial charge < -0.3 is 10.9 Å². The Morgan fingerprint density at radius 1 is 1.15 bits per heavy atom. The van der Waals surface area contributed by atoms with Crippen LogP contribution in [0.15, 0.2) is 51.3 Å². The van der Waals surface area contributed by atoms with Crippen molar-refractivity contribution in [2.75, 3.05) is 0 Å². The van der Waals surface area contributed by atoms with Gasteiger partial charge in [-0.25, -0.2) is 8.78 Å². The Hall–Kier alpha value is -2.08. The average molecular weight is 294 g/mol. The average Bonchev–Trinajstić information content (AvgIpc) is 2.41. The summed E-state index contributed by atoms with van der Waals surface area (Å²) in [4.78, 5) is 0.898. The van der Waals surface area contributed by atoms with E-state index >= 15 is 0 Å². The van der Waals surface area contributed by atoms with Crippen LogP contribution in [0.25, 0.3) is 0 Å². The SMILES string of the molecule is Cc1ccc(C(N)=NO)c(Sc2ccc(F)cc2F)c1.